The molecule has 1 aromatic heterocycles. The van der Waals surface area contributed by atoms with Gasteiger partial charge in [-0.05, 0) is 50.2 Å². The van der Waals surface area contributed by atoms with Crippen molar-refractivity contribution in [1.82, 2.24) is 14.9 Å². The summed E-state index contributed by atoms with van der Waals surface area (Å²) in [7, 11) is -7.12. The van der Waals surface area contributed by atoms with Gasteiger partial charge in [0.25, 0.3) is 0 Å². The predicted molar refractivity (Wildman–Crippen MR) is 108 cm³/mol. The number of sulfonamides is 2. The van der Waals surface area contributed by atoms with Gasteiger partial charge in [0.05, 0.1) is 17.2 Å². The maximum absolute atomic E-state index is 12.5. The van der Waals surface area contributed by atoms with Gasteiger partial charge in [-0.15, -0.1) is 0 Å². The number of benzene rings is 2. The second kappa shape index (κ2) is 7.93. The van der Waals surface area contributed by atoms with E-state index in [0.29, 0.717) is 11.3 Å². The van der Waals surface area contributed by atoms with Crippen molar-refractivity contribution in [2.75, 3.05) is 11.0 Å². The summed E-state index contributed by atoms with van der Waals surface area (Å²) in [5.74, 6) is 0.362. The molecule has 0 fully saturated rings. The molecule has 11 heteroatoms. The monoisotopic (exact) mass is 436 g/mol. The topological polar surface area (TPSA) is 131 Å². The van der Waals surface area contributed by atoms with E-state index in [2.05, 4.69) is 19.6 Å². The number of nitrogens with zero attached hydrogens (tertiary/aromatic N) is 2. The molecule has 3 aromatic rings. The van der Waals surface area contributed by atoms with Gasteiger partial charge in [0.15, 0.2) is 0 Å². The Balaban J connectivity index is 1.74. The summed E-state index contributed by atoms with van der Waals surface area (Å²) in [5, 5.41) is 3.87. The van der Waals surface area contributed by atoms with Crippen LogP contribution in [0.2, 0.25) is 0 Å². The highest BCUT2D eigenvalue weighted by Gasteiger charge is 2.22. The number of aromatic nitrogens is 2. The van der Waals surface area contributed by atoms with Crippen LogP contribution < -0.4 is 9.44 Å². The van der Waals surface area contributed by atoms with Crippen LogP contribution in [0.25, 0.3) is 11.4 Å². The minimum absolute atomic E-state index is 0.106. The van der Waals surface area contributed by atoms with E-state index >= 15 is 0 Å². The summed E-state index contributed by atoms with van der Waals surface area (Å²) < 4.78 is 57.6. The number of aryl methyl sites for hydroxylation is 1. The minimum Gasteiger partial charge on any atom is -0.337 e. The molecule has 2 aromatic carbocycles. The number of nitrogens with one attached hydrogen (secondary N) is 2. The van der Waals surface area contributed by atoms with Crippen LogP contribution in [0.3, 0.4) is 0 Å². The molecule has 0 saturated heterocycles. The molecule has 9 nitrogen and oxygen atoms in total. The summed E-state index contributed by atoms with van der Waals surface area (Å²) >= 11 is 0. The van der Waals surface area contributed by atoms with Gasteiger partial charge in [0.1, 0.15) is 0 Å². The Morgan fingerprint density at radius 3 is 2.17 bits per heavy atom. The van der Waals surface area contributed by atoms with Crippen molar-refractivity contribution in [3.63, 3.8) is 0 Å². The fourth-order valence-corrected chi connectivity index (χ4v) is 4.26. The fraction of sp³-hybridized carbons (Fsp3) is 0.222. The number of hydrogen-bond acceptors (Lipinski definition) is 7. The first kappa shape index (κ1) is 21.0. The lowest BCUT2D eigenvalue weighted by molar-refractivity contribution is 0.354. The van der Waals surface area contributed by atoms with Crippen LogP contribution in [-0.4, -0.2) is 33.2 Å². The standard InChI is InChI=1S/C18H20N4O5S2/c1-12-4-10-16(11-5-12)29(25,26)21-13(2)18-19-17(20-27-18)14-6-8-15(9-7-14)22-28(3,23)24/h4-11,13,21-22H,1-3H3. The molecule has 0 radical (unpaired) electrons. The van der Waals surface area contributed by atoms with E-state index in [1.165, 1.54) is 12.1 Å². The predicted octanol–water partition coefficient (Wildman–Crippen LogP) is 2.46. The molecule has 1 unspecified atom stereocenters. The number of hydrogen-bond donors (Lipinski definition) is 2. The van der Waals surface area contributed by atoms with E-state index in [4.69, 9.17) is 4.52 Å². The van der Waals surface area contributed by atoms with E-state index in [0.717, 1.165) is 11.8 Å². The van der Waals surface area contributed by atoms with E-state index in [-0.39, 0.29) is 16.6 Å². The molecule has 29 heavy (non-hydrogen) atoms. The maximum atomic E-state index is 12.5. The molecule has 0 aliphatic rings. The van der Waals surface area contributed by atoms with Crippen LogP contribution in [0.15, 0.2) is 57.9 Å². The van der Waals surface area contributed by atoms with Crippen LogP contribution in [0, 0.1) is 6.92 Å². The molecule has 154 valence electrons. The van der Waals surface area contributed by atoms with Crippen molar-refractivity contribution in [2.45, 2.75) is 24.8 Å². The van der Waals surface area contributed by atoms with Gasteiger partial charge in [0.2, 0.25) is 31.8 Å². The highest BCUT2D eigenvalue weighted by atomic mass is 32.2. The molecule has 3 rings (SSSR count). The Labute approximate surface area is 169 Å². The molecule has 1 heterocycles. The van der Waals surface area contributed by atoms with Crippen LogP contribution >= 0.6 is 0 Å². The van der Waals surface area contributed by atoms with Crippen LogP contribution in [0.1, 0.15) is 24.4 Å². The summed E-state index contributed by atoms with van der Waals surface area (Å²) in [4.78, 5) is 4.38. The minimum atomic E-state index is -3.75. The molecule has 0 aliphatic heterocycles. The molecule has 0 aliphatic carbocycles. The van der Waals surface area contributed by atoms with Gasteiger partial charge in [-0.3, -0.25) is 4.72 Å². The molecule has 0 saturated carbocycles. The van der Waals surface area contributed by atoms with E-state index < -0.39 is 26.1 Å². The average molecular weight is 437 g/mol. The highest BCUT2D eigenvalue weighted by Crippen LogP contribution is 2.22. The zero-order valence-electron chi connectivity index (χ0n) is 15.9. The quantitative estimate of drug-likeness (QED) is 0.581. The zero-order valence-corrected chi connectivity index (χ0v) is 17.6. The number of rotatable bonds is 7. The third-order valence-corrected chi connectivity index (χ3v) is 6.08. The third kappa shape index (κ3) is 5.40. The Bertz CT molecular complexity index is 1200. The SMILES string of the molecule is Cc1ccc(S(=O)(=O)NC(C)c2nc(-c3ccc(NS(C)(=O)=O)cc3)no2)cc1. The smallest absolute Gasteiger partial charge is 0.244 e. The Morgan fingerprint density at radius 2 is 1.59 bits per heavy atom. The Hall–Kier alpha value is -2.76. The maximum Gasteiger partial charge on any atom is 0.244 e. The summed E-state index contributed by atoms with van der Waals surface area (Å²) in [6, 6.07) is 12.1. The van der Waals surface area contributed by atoms with Gasteiger partial charge in [-0.2, -0.15) is 9.71 Å². The summed E-state index contributed by atoms with van der Waals surface area (Å²) in [5.41, 5.74) is 1.95. The average Bonchev–Trinajstić information content (AvgIpc) is 3.11. The van der Waals surface area contributed by atoms with Crippen molar-refractivity contribution in [1.29, 1.82) is 0 Å². The molecule has 1 atom stereocenters. The summed E-state index contributed by atoms with van der Waals surface area (Å²) in [6.45, 7) is 3.47. The highest BCUT2D eigenvalue weighted by molar-refractivity contribution is 7.92. The normalized spacial score (nSPS) is 13.2. The summed E-state index contributed by atoms with van der Waals surface area (Å²) in [6.07, 6.45) is 1.06. The lowest BCUT2D eigenvalue weighted by atomic mass is 10.2. The largest absolute Gasteiger partial charge is 0.337 e. The van der Waals surface area contributed by atoms with Gasteiger partial charge in [0, 0.05) is 11.3 Å². The Morgan fingerprint density at radius 1 is 0.966 bits per heavy atom. The molecule has 0 amide bonds. The third-order valence-electron chi connectivity index (χ3n) is 3.92. The molecule has 0 spiro atoms. The van der Waals surface area contributed by atoms with Crippen LogP contribution in [-0.2, 0) is 20.0 Å². The first-order chi connectivity index (χ1) is 13.5. The van der Waals surface area contributed by atoms with Crippen molar-refractivity contribution in [3.8, 4) is 11.4 Å². The van der Waals surface area contributed by atoms with Gasteiger partial charge < -0.3 is 4.52 Å². The molecular formula is C18H20N4O5S2. The fourth-order valence-electron chi connectivity index (χ4n) is 2.50. The van der Waals surface area contributed by atoms with Crippen molar-refractivity contribution in [3.05, 3.63) is 60.0 Å². The molecular weight excluding hydrogens is 416 g/mol. The molecule has 0 bridgehead atoms. The van der Waals surface area contributed by atoms with Gasteiger partial charge in [-0.1, -0.05) is 22.9 Å². The van der Waals surface area contributed by atoms with Crippen molar-refractivity contribution < 1.29 is 21.4 Å². The van der Waals surface area contributed by atoms with Crippen molar-refractivity contribution in [2.24, 2.45) is 0 Å². The van der Waals surface area contributed by atoms with Gasteiger partial charge >= 0.3 is 0 Å². The second-order valence-electron chi connectivity index (χ2n) is 6.56. The lowest BCUT2D eigenvalue weighted by Gasteiger charge is -2.10. The first-order valence-electron chi connectivity index (χ1n) is 8.54. The number of anilines is 1. The van der Waals surface area contributed by atoms with Crippen LogP contribution in [0.5, 0.6) is 0 Å². The Kier molecular flexibility index (Phi) is 5.73. The lowest BCUT2D eigenvalue weighted by Crippen LogP contribution is -2.27. The van der Waals surface area contributed by atoms with Crippen LogP contribution in [0.4, 0.5) is 5.69 Å². The van der Waals surface area contributed by atoms with E-state index in [1.807, 2.05) is 6.92 Å². The van der Waals surface area contributed by atoms with Gasteiger partial charge in [-0.25, -0.2) is 16.8 Å². The van der Waals surface area contributed by atoms with E-state index in [1.54, 1.807) is 43.3 Å². The van der Waals surface area contributed by atoms with E-state index in [9.17, 15) is 16.8 Å². The second-order valence-corrected chi connectivity index (χ2v) is 10.0. The molecule has 2 N–H and O–H groups in total. The zero-order chi connectivity index (χ0) is 21.2. The first-order valence-corrected chi connectivity index (χ1v) is 11.9. The van der Waals surface area contributed by atoms with Crippen molar-refractivity contribution >= 4 is 25.7 Å².